The van der Waals surface area contributed by atoms with E-state index in [1.54, 1.807) is 24.5 Å². The van der Waals surface area contributed by atoms with E-state index < -0.39 is 0 Å². The van der Waals surface area contributed by atoms with Gasteiger partial charge in [-0.05, 0) is 36.8 Å². The summed E-state index contributed by atoms with van der Waals surface area (Å²) in [6.07, 6.45) is 3.42. The number of hydrogen-bond donors (Lipinski definition) is 2. The van der Waals surface area contributed by atoms with Crippen molar-refractivity contribution in [3.05, 3.63) is 48.0 Å². The molecule has 3 heterocycles. The number of hydrogen-bond acceptors (Lipinski definition) is 6. The Morgan fingerprint density at radius 3 is 2.74 bits per heavy atom. The summed E-state index contributed by atoms with van der Waals surface area (Å²) in [5.41, 5.74) is 3.25. The first-order valence-corrected chi connectivity index (χ1v) is 6.86. The van der Waals surface area contributed by atoms with Crippen molar-refractivity contribution in [2.45, 2.75) is 6.92 Å². The molecule has 0 spiro atoms. The van der Waals surface area contributed by atoms with Crippen LogP contribution in [0.25, 0.3) is 22.5 Å². The average molecular weight is 310 g/mol. The number of imidazole rings is 1. The van der Waals surface area contributed by atoms with Crippen LogP contribution < -0.4 is 5.32 Å². The first-order valence-electron chi connectivity index (χ1n) is 6.86. The molecule has 0 bridgehead atoms. The van der Waals surface area contributed by atoms with E-state index >= 15 is 0 Å². The quantitative estimate of drug-likeness (QED) is 0.603. The van der Waals surface area contributed by atoms with Gasteiger partial charge in [0.15, 0.2) is 0 Å². The maximum atomic E-state index is 12.9. The van der Waals surface area contributed by atoms with Crippen molar-refractivity contribution in [3.63, 3.8) is 0 Å². The van der Waals surface area contributed by atoms with E-state index in [2.05, 4.69) is 30.5 Å². The van der Waals surface area contributed by atoms with E-state index in [0.717, 1.165) is 16.6 Å². The van der Waals surface area contributed by atoms with Crippen molar-refractivity contribution in [1.82, 2.24) is 25.1 Å². The van der Waals surface area contributed by atoms with Crippen LogP contribution in [0.1, 0.15) is 5.56 Å². The van der Waals surface area contributed by atoms with Crippen molar-refractivity contribution in [2.75, 3.05) is 5.32 Å². The molecule has 2 N–H and O–H groups in total. The molecule has 7 nitrogen and oxygen atoms in total. The Morgan fingerprint density at radius 1 is 1.13 bits per heavy atom. The second-order valence-electron chi connectivity index (χ2n) is 4.98. The Hall–Kier alpha value is -3.29. The first-order chi connectivity index (χ1) is 11.2. The van der Waals surface area contributed by atoms with Gasteiger partial charge in [-0.3, -0.25) is 10.3 Å². The molecule has 0 saturated carbocycles. The molecule has 1 aromatic carbocycles. The van der Waals surface area contributed by atoms with Gasteiger partial charge in [0.05, 0.1) is 11.7 Å². The highest BCUT2D eigenvalue weighted by molar-refractivity contribution is 5.79. The Labute approximate surface area is 129 Å². The fourth-order valence-corrected chi connectivity index (χ4v) is 2.21. The summed E-state index contributed by atoms with van der Waals surface area (Å²) in [5.74, 6) is 0.449. The lowest BCUT2D eigenvalue weighted by molar-refractivity contribution is 0.586. The third-order valence-electron chi connectivity index (χ3n) is 3.33. The minimum Gasteiger partial charge on any atom is -0.403 e. The van der Waals surface area contributed by atoms with Gasteiger partial charge in [0.1, 0.15) is 11.3 Å². The summed E-state index contributed by atoms with van der Waals surface area (Å²) in [7, 11) is 0. The van der Waals surface area contributed by atoms with Gasteiger partial charge in [-0.2, -0.15) is 0 Å². The van der Waals surface area contributed by atoms with Gasteiger partial charge in [-0.25, -0.2) is 9.37 Å². The van der Waals surface area contributed by atoms with Crippen LogP contribution in [0.4, 0.5) is 16.4 Å². The smallest absolute Gasteiger partial charge is 0.322 e. The Bertz CT molecular complexity index is 975. The van der Waals surface area contributed by atoms with Gasteiger partial charge in [0.25, 0.3) is 0 Å². The number of rotatable bonds is 3. The zero-order valence-corrected chi connectivity index (χ0v) is 12.0. The molecule has 0 amide bonds. The van der Waals surface area contributed by atoms with Gasteiger partial charge < -0.3 is 9.40 Å². The lowest BCUT2D eigenvalue weighted by Crippen LogP contribution is -1.92. The lowest BCUT2D eigenvalue weighted by Gasteiger charge is -1.95. The molecule has 3 aromatic heterocycles. The number of anilines is 2. The predicted molar refractivity (Wildman–Crippen MR) is 81.6 cm³/mol. The fraction of sp³-hybridized carbons (Fsp3) is 0.0667. The van der Waals surface area contributed by atoms with E-state index in [0.29, 0.717) is 17.4 Å². The van der Waals surface area contributed by atoms with Crippen LogP contribution in [0.3, 0.4) is 0 Å². The molecule has 0 saturated heterocycles. The number of H-pyrrole nitrogens is 1. The summed E-state index contributed by atoms with van der Waals surface area (Å²) in [5, 5.41) is 10.7. The number of halogens is 1. The molecule has 0 fully saturated rings. The minimum atomic E-state index is -0.321. The van der Waals surface area contributed by atoms with E-state index in [4.69, 9.17) is 4.42 Å². The van der Waals surface area contributed by atoms with E-state index in [-0.39, 0.29) is 11.8 Å². The molecule has 114 valence electrons. The number of nitrogens with zero attached hydrogens (tertiary/aromatic N) is 4. The number of fused-ring (bicyclic) bond motifs is 1. The molecule has 0 radical (unpaired) electrons. The molecule has 8 heteroatoms. The summed E-state index contributed by atoms with van der Waals surface area (Å²) in [4.78, 5) is 11.6. The molecular formula is C15H11FN6O. The van der Waals surface area contributed by atoms with Gasteiger partial charge in [-0.15, -0.1) is 5.10 Å². The van der Waals surface area contributed by atoms with Crippen LogP contribution in [-0.2, 0) is 0 Å². The highest BCUT2D eigenvalue weighted by atomic mass is 19.1. The van der Waals surface area contributed by atoms with Gasteiger partial charge in [0, 0.05) is 11.8 Å². The second-order valence-corrected chi connectivity index (χ2v) is 4.98. The van der Waals surface area contributed by atoms with E-state index in [9.17, 15) is 4.39 Å². The molecule has 4 rings (SSSR count). The SMILES string of the molecule is Cc1cncc2nc(Nc3nnc(-c4ccc(F)cc4)o3)[nH]c12. The molecule has 0 aliphatic rings. The molecule has 4 aromatic rings. The summed E-state index contributed by atoms with van der Waals surface area (Å²) in [6.45, 7) is 1.94. The third-order valence-corrected chi connectivity index (χ3v) is 3.33. The highest BCUT2D eigenvalue weighted by Gasteiger charge is 2.11. The van der Waals surface area contributed by atoms with E-state index in [1.165, 1.54) is 12.1 Å². The zero-order valence-electron chi connectivity index (χ0n) is 12.0. The Balaban J connectivity index is 1.61. The normalized spacial score (nSPS) is 11.0. The van der Waals surface area contributed by atoms with Crippen molar-refractivity contribution in [3.8, 4) is 11.5 Å². The highest BCUT2D eigenvalue weighted by Crippen LogP contribution is 2.23. The Morgan fingerprint density at radius 2 is 1.96 bits per heavy atom. The summed E-state index contributed by atoms with van der Waals surface area (Å²) < 4.78 is 18.4. The maximum Gasteiger partial charge on any atom is 0.322 e. The number of aromatic amines is 1. The predicted octanol–water partition coefficient (Wildman–Crippen LogP) is 3.20. The number of pyridine rings is 1. The van der Waals surface area contributed by atoms with E-state index in [1.807, 2.05) is 6.92 Å². The van der Waals surface area contributed by atoms with Crippen LogP contribution >= 0.6 is 0 Å². The molecule has 23 heavy (non-hydrogen) atoms. The third kappa shape index (κ3) is 2.50. The first kappa shape index (κ1) is 13.4. The van der Waals surface area contributed by atoms with Gasteiger partial charge in [-0.1, -0.05) is 5.10 Å². The van der Waals surface area contributed by atoms with Gasteiger partial charge in [0.2, 0.25) is 11.8 Å². The van der Waals surface area contributed by atoms with Crippen LogP contribution in [0.15, 0.2) is 41.1 Å². The van der Waals surface area contributed by atoms with Crippen molar-refractivity contribution in [2.24, 2.45) is 0 Å². The van der Waals surface area contributed by atoms with Crippen molar-refractivity contribution in [1.29, 1.82) is 0 Å². The van der Waals surface area contributed by atoms with Crippen LogP contribution in [0.5, 0.6) is 0 Å². The molecule has 0 unspecified atom stereocenters. The number of nitrogens with one attached hydrogen (secondary N) is 2. The molecule has 0 aliphatic heterocycles. The fourth-order valence-electron chi connectivity index (χ4n) is 2.21. The zero-order chi connectivity index (χ0) is 15.8. The van der Waals surface area contributed by atoms with Crippen molar-refractivity contribution < 1.29 is 8.81 Å². The molecular weight excluding hydrogens is 299 g/mol. The van der Waals surface area contributed by atoms with Gasteiger partial charge >= 0.3 is 6.01 Å². The van der Waals surface area contributed by atoms with Crippen LogP contribution in [-0.4, -0.2) is 25.1 Å². The topological polar surface area (TPSA) is 92.5 Å². The van der Waals surface area contributed by atoms with Crippen LogP contribution in [0, 0.1) is 12.7 Å². The maximum absolute atomic E-state index is 12.9. The number of aromatic nitrogens is 5. The second kappa shape index (κ2) is 5.16. The number of benzene rings is 1. The lowest BCUT2D eigenvalue weighted by atomic mass is 10.2. The monoisotopic (exact) mass is 310 g/mol. The number of aryl methyl sites for hydroxylation is 1. The molecule has 0 aliphatic carbocycles. The Kier molecular flexibility index (Phi) is 3.00. The summed E-state index contributed by atoms with van der Waals surface area (Å²) in [6, 6.07) is 6.00. The van der Waals surface area contributed by atoms with Crippen molar-refractivity contribution >= 4 is 23.0 Å². The standard InChI is InChI=1S/C15H11FN6O/c1-8-6-17-7-11-12(8)19-14(18-11)20-15-22-21-13(23-15)9-2-4-10(16)5-3-9/h2-7H,1H3,(H2,18,19,20,22). The summed E-state index contributed by atoms with van der Waals surface area (Å²) >= 11 is 0. The largest absolute Gasteiger partial charge is 0.403 e. The average Bonchev–Trinajstić information content (AvgIpc) is 3.16. The van der Waals surface area contributed by atoms with Crippen LogP contribution in [0.2, 0.25) is 0 Å². The minimum absolute atomic E-state index is 0.189. The molecule has 0 atom stereocenters.